The van der Waals surface area contributed by atoms with Crippen LogP contribution in [0.5, 0.6) is 0 Å². The van der Waals surface area contributed by atoms with E-state index in [1.54, 1.807) is 11.3 Å². The molecule has 2 aromatic rings. The van der Waals surface area contributed by atoms with Crippen LogP contribution in [0.4, 0.5) is 5.69 Å². The molecule has 3 rings (SSSR count). The monoisotopic (exact) mass is 306 g/mol. The second-order valence-electron chi connectivity index (χ2n) is 5.39. The van der Waals surface area contributed by atoms with Crippen molar-refractivity contribution in [1.82, 2.24) is 5.32 Å². The van der Waals surface area contributed by atoms with Crippen LogP contribution in [-0.2, 0) is 13.1 Å². The summed E-state index contributed by atoms with van der Waals surface area (Å²) in [6, 6.07) is 9.06. The first-order valence-corrected chi connectivity index (χ1v) is 8.29. The molecule has 1 aromatic heterocycles. The Balaban J connectivity index is 1.78. The summed E-state index contributed by atoms with van der Waals surface area (Å²) in [5.74, 6) is 0. The van der Waals surface area contributed by atoms with Gasteiger partial charge in [0.2, 0.25) is 0 Å². The number of thiophene rings is 1. The molecule has 0 saturated heterocycles. The third kappa shape index (κ3) is 3.35. The third-order valence-electron chi connectivity index (χ3n) is 3.61. The number of benzene rings is 1. The number of hydrogen-bond acceptors (Lipinski definition) is 3. The molecular formula is C16H19ClN2S. The molecule has 1 aliphatic rings. The first-order chi connectivity index (χ1) is 9.74. The van der Waals surface area contributed by atoms with Crippen LogP contribution < -0.4 is 10.2 Å². The maximum atomic E-state index is 6.43. The lowest BCUT2D eigenvalue weighted by atomic mass is 10.1. The van der Waals surface area contributed by atoms with E-state index in [2.05, 4.69) is 40.2 Å². The van der Waals surface area contributed by atoms with Crippen LogP contribution >= 0.6 is 22.9 Å². The fraction of sp³-hybridized carbons (Fsp3) is 0.375. The highest BCUT2D eigenvalue weighted by Gasteiger charge is 2.21. The van der Waals surface area contributed by atoms with Gasteiger partial charge >= 0.3 is 0 Å². The standard InChI is InChI=1S/C16H19ClN2S/c1-19(10-12-7-8-20-11-12)16-13(3-2-4-15(16)17)9-18-14-5-6-14/h2-4,7-8,11,14,18H,5-6,9-10H2,1H3. The fourth-order valence-corrected chi connectivity index (χ4v) is 3.41. The molecule has 106 valence electrons. The van der Waals surface area contributed by atoms with Crippen LogP contribution in [0, 0.1) is 0 Å². The molecule has 1 aromatic carbocycles. The van der Waals surface area contributed by atoms with Gasteiger partial charge in [0.25, 0.3) is 0 Å². The maximum absolute atomic E-state index is 6.43. The predicted molar refractivity (Wildman–Crippen MR) is 87.7 cm³/mol. The summed E-state index contributed by atoms with van der Waals surface area (Å²) in [6.45, 7) is 1.79. The second-order valence-corrected chi connectivity index (χ2v) is 6.58. The Morgan fingerprint density at radius 2 is 2.20 bits per heavy atom. The lowest BCUT2D eigenvalue weighted by molar-refractivity contribution is 0.685. The summed E-state index contributed by atoms with van der Waals surface area (Å²) in [5, 5.41) is 8.71. The topological polar surface area (TPSA) is 15.3 Å². The van der Waals surface area contributed by atoms with E-state index in [1.165, 1.54) is 24.0 Å². The van der Waals surface area contributed by atoms with Gasteiger partial charge in [-0.15, -0.1) is 0 Å². The van der Waals surface area contributed by atoms with Gasteiger partial charge in [0, 0.05) is 26.2 Å². The molecule has 1 heterocycles. The van der Waals surface area contributed by atoms with Gasteiger partial charge in [0.1, 0.15) is 0 Å². The highest BCUT2D eigenvalue weighted by atomic mass is 35.5. The van der Waals surface area contributed by atoms with Gasteiger partial charge in [-0.25, -0.2) is 0 Å². The molecule has 0 atom stereocenters. The van der Waals surface area contributed by atoms with Crippen molar-refractivity contribution in [3.8, 4) is 0 Å². The summed E-state index contributed by atoms with van der Waals surface area (Å²) < 4.78 is 0. The van der Waals surface area contributed by atoms with E-state index in [1.807, 2.05) is 12.1 Å². The van der Waals surface area contributed by atoms with Gasteiger partial charge in [0.15, 0.2) is 0 Å². The van der Waals surface area contributed by atoms with Crippen LogP contribution in [0.15, 0.2) is 35.0 Å². The Kier molecular flexibility index (Phi) is 4.29. The van der Waals surface area contributed by atoms with Crippen molar-refractivity contribution in [1.29, 1.82) is 0 Å². The number of halogens is 1. The van der Waals surface area contributed by atoms with E-state index in [-0.39, 0.29) is 0 Å². The molecule has 1 N–H and O–H groups in total. The van der Waals surface area contributed by atoms with E-state index in [4.69, 9.17) is 11.6 Å². The van der Waals surface area contributed by atoms with Crippen molar-refractivity contribution < 1.29 is 0 Å². The van der Waals surface area contributed by atoms with Crippen molar-refractivity contribution >= 4 is 28.6 Å². The molecular weight excluding hydrogens is 288 g/mol. The van der Waals surface area contributed by atoms with Gasteiger partial charge in [-0.2, -0.15) is 11.3 Å². The minimum Gasteiger partial charge on any atom is -0.369 e. The molecule has 2 nitrogen and oxygen atoms in total. The van der Waals surface area contributed by atoms with Crippen molar-refractivity contribution in [2.75, 3.05) is 11.9 Å². The van der Waals surface area contributed by atoms with Crippen LogP contribution in [0.1, 0.15) is 24.0 Å². The van der Waals surface area contributed by atoms with Crippen LogP contribution in [-0.4, -0.2) is 13.1 Å². The lowest BCUT2D eigenvalue weighted by Crippen LogP contribution is -2.21. The minimum absolute atomic E-state index is 0.712. The quantitative estimate of drug-likeness (QED) is 0.856. The van der Waals surface area contributed by atoms with E-state index in [0.29, 0.717) is 6.04 Å². The first-order valence-electron chi connectivity index (χ1n) is 6.97. The SMILES string of the molecule is CN(Cc1ccsc1)c1c(Cl)cccc1CNC1CC1. The molecule has 20 heavy (non-hydrogen) atoms. The maximum Gasteiger partial charge on any atom is 0.0642 e. The average molecular weight is 307 g/mol. The molecule has 0 spiro atoms. The number of nitrogens with zero attached hydrogens (tertiary/aromatic N) is 1. The molecule has 0 aliphatic heterocycles. The van der Waals surface area contributed by atoms with Gasteiger partial charge in [-0.3, -0.25) is 0 Å². The fourth-order valence-electron chi connectivity index (χ4n) is 2.41. The minimum atomic E-state index is 0.712. The van der Waals surface area contributed by atoms with E-state index >= 15 is 0 Å². The van der Waals surface area contributed by atoms with Gasteiger partial charge in [-0.05, 0) is 46.9 Å². The molecule has 1 aliphatic carbocycles. The summed E-state index contributed by atoms with van der Waals surface area (Å²) >= 11 is 8.16. The zero-order chi connectivity index (χ0) is 13.9. The Morgan fingerprint density at radius 1 is 1.35 bits per heavy atom. The third-order valence-corrected chi connectivity index (χ3v) is 4.65. The number of para-hydroxylation sites is 1. The lowest BCUT2D eigenvalue weighted by Gasteiger charge is -2.23. The van der Waals surface area contributed by atoms with Crippen molar-refractivity contribution in [3.63, 3.8) is 0 Å². The number of hydrogen-bond donors (Lipinski definition) is 1. The normalized spacial score (nSPS) is 14.5. The van der Waals surface area contributed by atoms with E-state index in [0.717, 1.165) is 23.8 Å². The average Bonchev–Trinajstić information content (AvgIpc) is 3.13. The smallest absolute Gasteiger partial charge is 0.0642 e. The van der Waals surface area contributed by atoms with Crippen LogP contribution in [0.2, 0.25) is 5.02 Å². The van der Waals surface area contributed by atoms with Crippen molar-refractivity contribution in [2.45, 2.75) is 32.0 Å². The molecule has 4 heteroatoms. The summed E-state index contributed by atoms with van der Waals surface area (Å²) in [6.07, 6.45) is 2.61. The predicted octanol–water partition coefficient (Wildman–Crippen LogP) is 4.29. The highest BCUT2D eigenvalue weighted by Crippen LogP contribution is 2.31. The zero-order valence-electron chi connectivity index (χ0n) is 11.6. The zero-order valence-corrected chi connectivity index (χ0v) is 13.2. The summed E-state index contributed by atoms with van der Waals surface area (Å²) in [4.78, 5) is 2.24. The van der Waals surface area contributed by atoms with Crippen molar-refractivity contribution in [3.05, 3.63) is 51.2 Å². The van der Waals surface area contributed by atoms with Crippen LogP contribution in [0.25, 0.3) is 0 Å². The van der Waals surface area contributed by atoms with E-state index in [9.17, 15) is 0 Å². The van der Waals surface area contributed by atoms with E-state index < -0.39 is 0 Å². The Hall–Kier alpha value is -1.03. The van der Waals surface area contributed by atoms with Crippen LogP contribution in [0.3, 0.4) is 0 Å². The molecule has 0 amide bonds. The number of anilines is 1. The molecule has 0 bridgehead atoms. The molecule has 1 fully saturated rings. The second kappa shape index (κ2) is 6.17. The first kappa shape index (κ1) is 13.9. The molecule has 0 unspecified atom stereocenters. The summed E-state index contributed by atoms with van der Waals surface area (Å²) in [5.41, 5.74) is 3.76. The number of rotatable bonds is 6. The van der Waals surface area contributed by atoms with Crippen molar-refractivity contribution in [2.24, 2.45) is 0 Å². The van der Waals surface area contributed by atoms with Gasteiger partial charge in [-0.1, -0.05) is 23.7 Å². The van der Waals surface area contributed by atoms with Gasteiger partial charge < -0.3 is 10.2 Å². The Labute approximate surface area is 129 Å². The molecule has 1 saturated carbocycles. The molecule has 0 radical (unpaired) electrons. The van der Waals surface area contributed by atoms with Gasteiger partial charge in [0.05, 0.1) is 10.7 Å². The summed E-state index contributed by atoms with van der Waals surface area (Å²) in [7, 11) is 2.11. The Morgan fingerprint density at radius 3 is 2.90 bits per heavy atom. The number of nitrogens with one attached hydrogen (secondary N) is 1. The Bertz CT molecular complexity index is 564. The highest BCUT2D eigenvalue weighted by molar-refractivity contribution is 7.07. The largest absolute Gasteiger partial charge is 0.369 e.